The fourth-order valence-corrected chi connectivity index (χ4v) is 3.37. The molecule has 0 aliphatic carbocycles. The van der Waals surface area contributed by atoms with Crippen LogP contribution >= 0.6 is 0 Å². The summed E-state index contributed by atoms with van der Waals surface area (Å²) in [5.41, 5.74) is 0.494. The number of amides is 2. The van der Waals surface area contributed by atoms with Crippen LogP contribution in [0.5, 0.6) is 0 Å². The van der Waals surface area contributed by atoms with Gasteiger partial charge in [-0.1, -0.05) is 30.3 Å². The lowest BCUT2D eigenvalue weighted by Gasteiger charge is -2.28. The van der Waals surface area contributed by atoms with E-state index in [2.05, 4.69) is 5.32 Å². The van der Waals surface area contributed by atoms with E-state index in [1.807, 2.05) is 12.1 Å². The number of nitrogens with zero attached hydrogens (tertiary/aromatic N) is 1. The van der Waals surface area contributed by atoms with E-state index in [4.69, 9.17) is 4.74 Å². The lowest BCUT2D eigenvalue weighted by molar-refractivity contribution is -0.0613. The van der Waals surface area contributed by atoms with Crippen LogP contribution in [0.2, 0.25) is 0 Å². The van der Waals surface area contributed by atoms with Gasteiger partial charge >= 0.3 is 0 Å². The van der Waals surface area contributed by atoms with Crippen molar-refractivity contribution >= 4 is 11.8 Å². The SMILES string of the molecule is O=C1NC2(CCN(C(=O)c3ccccc3F)C2)OCc2ccccc21. The molecule has 6 heteroatoms. The highest BCUT2D eigenvalue weighted by Crippen LogP contribution is 2.29. The lowest BCUT2D eigenvalue weighted by atomic mass is 10.1. The highest BCUT2D eigenvalue weighted by atomic mass is 19.1. The highest BCUT2D eigenvalue weighted by Gasteiger charge is 2.44. The van der Waals surface area contributed by atoms with Crippen molar-refractivity contribution in [2.45, 2.75) is 18.8 Å². The number of halogens is 1. The largest absolute Gasteiger partial charge is 0.349 e. The van der Waals surface area contributed by atoms with E-state index in [1.54, 1.807) is 24.3 Å². The van der Waals surface area contributed by atoms with Gasteiger partial charge in [0.2, 0.25) is 0 Å². The van der Waals surface area contributed by atoms with Crippen molar-refractivity contribution in [2.24, 2.45) is 0 Å². The van der Waals surface area contributed by atoms with Crippen molar-refractivity contribution in [3.63, 3.8) is 0 Å². The van der Waals surface area contributed by atoms with Crippen LogP contribution in [0.25, 0.3) is 0 Å². The molecule has 2 amide bonds. The third-order valence-corrected chi connectivity index (χ3v) is 4.73. The number of likely N-dealkylation sites (tertiary alicyclic amines) is 1. The second-order valence-electron chi connectivity index (χ2n) is 6.35. The number of rotatable bonds is 1. The molecular formula is C19H17FN2O3. The Balaban J connectivity index is 1.55. The molecular weight excluding hydrogens is 323 g/mol. The first-order chi connectivity index (χ1) is 12.1. The molecule has 2 heterocycles. The van der Waals surface area contributed by atoms with Crippen molar-refractivity contribution in [2.75, 3.05) is 13.1 Å². The Kier molecular flexibility index (Phi) is 3.77. The van der Waals surface area contributed by atoms with Crippen LogP contribution in [0.4, 0.5) is 4.39 Å². The number of benzene rings is 2. The van der Waals surface area contributed by atoms with Gasteiger partial charge in [-0.15, -0.1) is 0 Å². The van der Waals surface area contributed by atoms with E-state index in [0.717, 1.165) is 5.56 Å². The minimum absolute atomic E-state index is 0.0304. The number of ether oxygens (including phenoxy) is 1. The van der Waals surface area contributed by atoms with Crippen LogP contribution in [-0.4, -0.2) is 35.5 Å². The van der Waals surface area contributed by atoms with Gasteiger partial charge in [0.25, 0.3) is 11.8 Å². The van der Waals surface area contributed by atoms with Gasteiger partial charge in [0.05, 0.1) is 18.7 Å². The number of carbonyl (C=O) groups is 2. The minimum atomic E-state index is -0.934. The Hall–Kier alpha value is -2.73. The zero-order valence-electron chi connectivity index (χ0n) is 13.5. The van der Waals surface area contributed by atoms with Gasteiger partial charge in [-0.05, 0) is 23.8 Å². The Morgan fingerprint density at radius 2 is 1.92 bits per heavy atom. The molecule has 0 aromatic heterocycles. The Labute approximate surface area is 144 Å². The maximum Gasteiger partial charge on any atom is 0.256 e. The van der Waals surface area contributed by atoms with Crippen molar-refractivity contribution in [3.05, 3.63) is 71.0 Å². The maximum atomic E-state index is 13.9. The van der Waals surface area contributed by atoms with E-state index >= 15 is 0 Å². The fourth-order valence-electron chi connectivity index (χ4n) is 3.37. The zero-order chi connectivity index (χ0) is 17.4. The molecule has 0 bridgehead atoms. The summed E-state index contributed by atoms with van der Waals surface area (Å²) < 4.78 is 19.9. The number of fused-ring (bicyclic) bond motifs is 1. The van der Waals surface area contributed by atoms with Gasteiger partial charge < -0.3 is 15.0 Å². The summed E-state index contributed by atoms with van der Waals surface area (Å²) >= 11 is 0. The van der Waals surface area contributed by atoms with Gasteiger partial charge in [-0.2, -0.15) is 0 Å². The molecule has 2 aromatic carbocycles. The zero-order valence-corrected chi connectivity index (χ0v) is 13.5. The van der Waals surface area contributed by atoms with Gasteiger partial charge in [0.15, 0.2) is 5.72 Å². The molecule has 4 rings (SSSR count). The summed E-state index contributed by atoms with van der Waals surface area (Å²) in [5, 5.41) is 2.91. The first kappa shape index (κ1) is 15.8. The predicted octanol–water partition coefficient (Wildman–Crippen LogP) is 2.33. The highest BCUT2D eigenvalue weighted by molar-refractivity contribution is 5.97. The number of hydrogen-bond donors (Lipinski definition) is 1. The van der Waals surface area contributed by atoms with Crippen molar-refractivity contribution < 1.29 is 18.7 Å². The lowest BCUT2D eigenvalue weighted by Crippen LogP contribution is -2.51. The molecule has 1 atom stereocenters. The van der Waals surface area contributed by atoms with E-state index in [-0.39, 0.29) is 24.6 Å². The van der Waals surface area contributed by atoms with Gasteiger partial charge in [0.1, 0.15) is 5.82 Å². The molecule has 128 valence electrons. The minimum Gasteiger partial charge on any atom is -0.349 e. The predicted molar refractivity (Wildman–Crippen MR) is 88.3 cm³/mol. The van der Waals surface area contributed by atoms with Crippen molar-refractivity contribution in [1.29, 1.82) is 0 Å². The summed E-state index contributed by atoms with van der Waals surface area (Å²) in [6.45, 7) is 0.875. The molecule has 5 nitrogen and oxygen atoms in total. The quantitative estimate of drug-likeness (QED) is 0.867. The van der Waals surface area contributed by atoms with Crippen LogP contribution < -0.4 is 5.32 Å². The first-order valence-corrected chi connectivity index (χ1v) is 8.16. The average Bonchev–Trinajstić information content (AvgIpc) is 2.98. The van der Waals surface area contributed by atoms with Crippen molar-refractivity contribution in [3.8, 4) is 0 Å². The Morgan fingerprint density at radius 3 is 2.76 bits per heavy atom. The van der Waals surface area contributed by atoms with Gasteiger partial charge in [-0.3, -0.25) is 9.59 Å². The van der Waals surface area contributed by atoms with Crippen molar-refractivity contribution in [1.82, 2.24) is 10.2 Å². The van der Waals surface area contributed by atoms with Crippen LogP contribution in [0.1, 0.15) is 32.7 Å². The summed E-state index contributed by atoms with van der Waals surface area (Å²) in [7, 11) is 0. The topological polar surface area (TPSA) is 58.6 Å². The molecule has 1 N–H and O–H groups in total. The third-order valence-electron chi connectivity index (χ3n) is 4.73. The number of hydrogen-bond acceptors (Lipinski definition) is 3. The first-order valence-electron chi connectivity index (χ1n) is 8.16. The summed E-state index contributed by atoms with van der Waals surface area (Å²) in [5.74, 6) is -1.16. The summed E-state index contributed by atoms with van der Waals surface area (Å²) in [4.78, 5) is 26.6. The molecule has 1 spiro atoms. The summed E-state index contributed by atoms with van der Waals surface area (Å²) in [6.07, 6.45) is 0.465. The molecule has 2 aromatic rings. The Morgan fingerprint density at radius 1 is 1.16 bits per heavy atom. The molecule has 1 fully saturated rings. The fraction of sp³-hybridized carbons (Fsp3) is 0.263. The molecule has 1 unspecified atom stereocenters. The van der Waals surface area contributed by atoms with E-state index < -0.39 is 17.4 Å². The third kappa shape index (κ3) is 2.78. The van der Waals surface area contributed by atoms with E-state index in [0.29, 0.717) is 18.5 Å². The smallest absolute Gasteiger partial charge is 0.256 e. The molecule has 25 heavy (non-hydrogen) atoms. The van der Waals surface area contributed by atoms with E-state index in [1.165, 1.54) is 17.0 Å². The van der Waals surface area contributed by atoms with E-state index in [9.17, 15) is 14.0 Å². The second-order valence-corrected chi connectivity index (χ2v) is 6.35. The monoisotopic (exact) mass is 340 g/mol. The summed E-state index contributed by atoms with van der Waals surface area (Å²) in [6, 6.07) is 13.2. The number of nitrogens with one attached hydrogen (secondary N) is 1. The number of carbonyl (C=O) groups excluding carboxylic acids is 2. The molecule has 2 aliphatic heterocycles. The molecule has 2 aliphatic rings. The second kappa shape index (κ2) is 5.97. The standard InChI is InChI=1S/C19H17FN2O3/c20-16-8-4-3-7-15(16)18(24)22-10-9-19(12-22)21-17(23)14-6-2-1-5-13(14)11-25-19/h1-8H,9-12H2,(H,21,23). The van der Waals surface area contributed by atoms with Gasteiger partial charge in [0, 0.05) is 18.5 Å². The normalized spacial score (nSPS) is 22.4. The van der Waals surface area contributed by atoms with Crippen LogP contribution in [0.3, 0.4) is 0 Å². The van der Waals surface area contributed by atoms with Gasteiger partial charge in [-0.25, -0.2) is 4.39 Å². The van der Waals surface area contributed by atoms with Crippen LogP contribution in [0, 0.1) is 5.82 Å². The molecule has 1 saturated heterocycles. The average molecular weight is 340 g/mol. The van der Waals surface area contributed by atoms with Crippen LogP contribution in [0.15, 0.2) is 48.5 Å². The Bertz CT molecular complexity index is 854. The van der Waals surface area contributed by atoms with Crippen LogP contribution in [-0.2, 0) is 11.3 Å². The molecule has 0 radical (unpaired) electrons. The maximum absolute atomic E-state index is 13.9. The molecule has 0 saturated carbocycles.